The molecule has 12 atom stereocenters. The number of unbranched alkanes of at least 4 members (excludes halogenated alkanes) is 4. The Labute approximate surface area is 563 Å². The molecule has 6 N–H and O–H groups in total. The zero-order valence-electron chi connectivity index (χ0n) is 61.8. The second-order valence-corrected chi connectivity index (χ2v) is 28.7. The van der Waals surface area contributed by atoms with Crippen LogP contribution in [-0.2, 0) is 57.5 Å². The van der Waals surface area contributed by atoms with E-state index in [4.69, 9.17) is 0 Å². The molecule has 1 aliphatic rings. The Balaban J connectivity index is 4.37. The van der Waals surface area contributed by atoms with Crippen molar-refractivity contribution in [3.63, 3.8) is 0 Å². The van der Waals surface area contributed by atoms with Crippen LogP contribution in [-0.4, -0.2) is 233 Å². The highest BCUT2D eigenvalue weighted by Crippen LogP contribution is 2.27. The van der Waals surface area contributed by atoms with Gasteiger partial charge in [-0.25, -0.2) is 0 Å². The van der Waals surface area contributed by atoms with Crippen molar-refractivity contribution < 1.29 is 62.6 Å². The Morgan fingerprint density at radius 2 is 0.936 bits per heavy atom. The first-order chi connectivity index (χ1) is 43.5. The smallest absolute Gasteiger partial charge is 0.270 e. The molecule has 1 heterocycles. The van der Waals surface area contributed by atoms with Gasteiger partial charge in [0.2, 0.25) is 65.0 Å². The summed E-state index contributed by atoms with van der Waals surface area (Å²) in [5.41, 5.74) is -0.368. The van der Waals surface area contributed by atoms with Gasteiger partial charge in [0.1, 0.15) is 66.1 Å². The predicted molar refractivity (Wildman–Crippen MR) is 364 cm³/mol. The summed E-state index contributed by atoms with van der Waals surface area (Å²) in [6.45, 7) is 34.2. The molecular weight excluding hydrogens is 1200 g/mol. The number of aliphatic hydroxyl groups excluding tert-OH is 1. The summed E-state index contributed by atoms with van der Waals surface area (Å²) < 4.78 is 0. The molecule has 0 unspecified atom stereocenters. The van der Waals surface area contributed by atoms with Gasteiger partial charge in [-0.1, -0.05) is 129 Å². The van der Waals surface area contributed by atoms with E-state index in [1.165, 1.54) is 89.7 Å². The average molecular weight is 1330 g/mol. The monoisotopic (exact) mass is 1330 g/mol. The fraction of sp³-hybridized carbons (Fsp3) is 0.797. The molecule has 0 aromatic carbocycles. The molecule has 0 aliphatic carbocycles. The van der Waals surface area contributed by atoms with Crippen LogP contribution in [0, 0.1) is 41.4 Å². The van der Waals surface area contributed by atoms with Crippen molar-refractivity contribution in [1.29, 1.82) is 0 Å². The number of likely N-dealkylation sites (N-methyl/N-ethyl adjacent to an activating group) is 7. The molecule has 1 fully saturated rings. The number of carbonyl (C=O) groups excluding carboxylic acids is 12. The Morgan fingerprint density at radius 1 is 0.479 bits per heavy atom. The van der Waals surface area contributed by atoms with Crippen LogP contribution in [0.3, 0.4) is 0 Å². The first-order valence-corrected chi connectivity index (χ1v) is 34.2. The molecule has 538 valence electrons. The molecule has 94 heavy (non-hydrogen) atoms. The van der Waals surface area contributed by atoms with Gasteiger partial charge >= 0.3 is 0 Å². The molecule has 0 radical (unpaired) electrons. The van der Waals surface area contributed by atoms with Gasteiger partial charge in [-0.05, 0) is 107 Å². The number of carbonyl (C=O) groups is 12. The second kappa shape index (κ2) is 40.0. The number of nitrogens with zero attached hydrogens (tertiary/aromatic N) is 7. The van der Waals surface area contributed by atoms with Crippen LogP contribution in [0.2, 0.25) is 0 Å². The highest BCUT2D eigenvalue weighted by Gasteiger charge is 2.46. The van der Waals surface area contributed by atoms with Crippen LogP contribution in [0.1, 0.15) is 195 Å². The van der Waals surface area contributed by atoms with Crippen LogP contribution in [0.15, 0.2) is 12.3 Å². The highest BCUT2D eigenvalue weighted by molar-refractivity contribution is 6.02. The summed E-state index contributed by atoms with van der Waals surface area (Å²) >= 11 is 0. The molecule has 0 spiro atoms. The van der Waals surface area contributed by atoms with Crippen LogP contribution < -0.4 is 26.6 Å². The fourth-order valence-corrected chi connectivity index (χ4v) is 11.9. The van der Waals surface area contributed by atoms with Crippen molar-refractivity contribution >= 4 is 70.9 Å². The van der Waals surface area contributed by atoms with E-state index in [-0.39, 0.29) is 67.4 Å². The fourth-order valence-electron chi connectivity index (χ4n) is 11.9. The van der Waals surface area contributed by atoms with E-state index in [1.807, 2.05) is 55.4 Å². The summed E-state index contributed by atoms with van der Waals surface area (Å²) in [6, 6.07) is -12.7. The van der Waals surface area contributed by atoms with Crippen LogP contribution >= 0.6 is 0 Å². The van der Waals surface area contributed by atoms with E-state index in [9.17, 15) is 43.5 Å². The van der Waals surface area contributed by atoms with Crippen molar-refractivity contribution in [2.45, 2.75) is 261 Å². The molecule has 1 aliphatic heterocycles. The topological polar surface area (TPSA) is 308 Å². The third-order valence-corrected chi connectivity index (χ3v) is 18.0. The van der Waals surface area contributed by atoms with Crippen molar-refractivity contribution in [3.8, 4) is 0 Å². The minimum Gasteiger partial charge on any atom is -0.390 e. The van der Waals surface area contributed by atoms with Gasteiger partial charge in [0.25, 0.3) is 5.91 Å². The zero-order valence-corrected chi connectivity index (χ0v) is 61.8. The number of amides is 12. The zero-order chi connectivity index (χ0) is 72.7. The van der Waals surface area contributed by atoms with Crippen LogP contribution in [0.5, 0.6) is 0 Å². The number of nitrogens with one attached hydrogen (secondary N) is 5. The molecule has 12 amide bonds. The number of hydrogen-bond donors (Lipinski definition) is 6. The summed E-state index contributed by atoms with van der Waals surface area (Å²) in [7, 11) is 9.80. The third-order valence-electron chi connectivity index (χ3n) is 18.0. The molecule has 25 heteroatoms. The molecule has 0 bridgehead atoms. The van der Waals surface area contributed by atoms with E-state index in [2.05, 4.69) is 33.2 Å². The van der Waals surface area contributed by atoms with E-state index in [0.717, 1.165) is 40.4 Å². The van der Waals surface area contributed by atoms with Gasteiger partial charge < -0.3 is 66.0 Å². The van der Waals surface area contributed by atoms with Crippen LogP contribution in [0.25, 0.3) is 0 Å². The normalized spacial score (nSPS) is 25.3. The lowest BCUT2D eigenvalue weighted by molar-refractivity contribution is -0.157. The van der Waals surface area contributed by atoms with Crippen molar-refractivity contribution in [1.82, 2.24) is 60.9 Å². The van der Waals surface area contributed by atoms with Crippen molar-refractivity contribution in [3.05, 3.63) is 12.3 Å². The number of hydrogen-bond acceptors (Lipinski definition) is 13. The van der Waals surface area contributed by atoms with E-state index < -0.39 is 149 Å². The average Bonchev–Trinajstić information content (AvgIpc) is 0.809. The van der Waals surface area contributed by atoms with Crippen molar-refractivity contribution in [2.75, 3.05) is 55.9 Å². The van der Waals surface area contributed by atoms with Gasteiger partial charge in [0.15, 0.2) is 0 Å². The highest BCUT2D eigenvalue weighted by atomic mass is 16.3. The molecular formula is C69H124N12O13. The number of aliphatic hydroxyl groups is 1. The molecule has 25 nitrogen and oxygen atoms in total. The molecule has 0 aromatic heterocycles. The Kier molecular flexibility index (Phi) is 36.3. The van der Waals surface area contributed by atoms with E-state index in [0.29, 0.717) is 25.8 Å². The largest absolute Gasteiger partial charge is 0.390 e. The van der Waals surface area contributed by atoms with Gasteiger partial charge in [-0.2, -0.15) is 0 Å². The lowest BCUT2D eigenvalue weighted by atomic mass is 9.90. The molecule has 0 aromatic rings. The van der Waals surface area contributed by atoms with Gasteiger partial charge in [-0.3, -0.25) is 57.5 Å². The predicted octanol–water partition coefficient (Wildman–Crippen LogP) is 4.68. The summed E-state index contributed by atoms with van der Waals surface area (Å²) in [6.07, 6.45) is 3.78. The van der Waals surface area contributed by atoms with E-state index in [1.54, 1.807) is 41.5 Å². The Bertz CT molecular complexity index is 2580. The lowest BCUT2D eigenvalue weighted by Crippen LogP contribution is -2.63. The van der Waals surface area contributed by atoms with Gasteiger partial charge in [0, 0.05) is 62.8 Å². The molecule has 0 saturated carbocycles. The first-order valence-electron chi connectivity index (χ1n) is 34.2. The Morgan fingerprint density at radius 3 is 1.44 bits per heavy atom. The summed E-state index contributed by atoms with van der Waals surface area (Å²) in [5, 5.41) is 26.2. The van der Waals surface area contributed by atoms with Gasteiger partial charge in [-0.15, -0.1) is 0 Å². The minimum atomic E-state index is -1.65. The standard InChI is InChI=1S/C69H124N12O13/c1-26-50-65(90)75(19)48(17)64(89)77(21)53(37-41(6)7)61(86)74-55(43(10)11)68(93)78(22)52(36-40(4)5)60(85)71-46(15)59(84)72-47(16)63(88)79(23)54(38-42(8)9)67(92)76(20)51(34-33-39(2)3)66(91)80(24)56(44(12)13)69(94)81(25)57(62(87)73-50)58(83)45(14)32-30-28-27-29-31-35-70-49(18)82/h39-47,50-58,83H,17,26-38H2,1-16,18-25H3,(H,70,82)(H,71,85)(H,72,84)(H,73,87)(H,74,86)/t45-,46-,47+,50-,51-,52-,53+,54+,55-,56-,57+,58-/m1/s1. The number of rotatable bonds is 22. The Hall–Kier alpha value is -6.66. The minimum absolute atomic E-state index is 0.0355. The maximum Gasteiger partial charge on any atom is 0.270 e. The maximum atomic E-state index is 15.4. The lowest BCUT2D eigenvalue weighted by Gasteiger charge is -2.41. The van der Waals surface area contributed by atoms with Crippen LogP contribution in [0.4, 0.5) is 0 Å². The summed E-state index contributed by atoms with van der Waals surface area (Å²) in [4.78, 5) is 182. The van der Waals surface area contributed by atoms with Crippen molar-refractivity contribution in [2.24, 2.45) is 41.4 Å². The second-order valence-electron chi connectivity index (χ2n) is 28.7. The van der Waals surface area contributed by atoms with E-state index >= 15 is 19.2 Å². The summed E-state index contributed by atoms with van der Waals surface area (Å²) in [5.74, 6) is -10.2. The molecule has 1 rings (SSSR count). The third kappa shape index (κ3) is 25.2. The quantitative estimate of drug-likeness (QED) is 0.0635. The molecule has 1 saturated heterocycles. The SMILES string of the molecule is C=C1C(=O)N(C)[C@@H](CC(C)C)C(=O)N[C@H](C(C)C)C(=O)N(C)[C@H](CC(C)C)C(=O)N[C@H](C)C(=O)N[C@@H](C)C(=O)N(C)[C@@H](CC(C)C)C(=O)N(C)[C@H](CCC(C)C)C(=O)N(C)[C@H](C(C)C)C(=O)N(C)[C@@H]([C@H](O)[C@H](C)CCCCCCCNC(C)=O)C(=O)N[C@H](CC)C(=O)N1C. The van der Waals surface area contributed by atoms with Gasteiger partial charge in [0.05, 0.1) is 6.10 Å². The maximum absolute atomic E-state index is 15.4. The first kappa shape index (κ1) is 85.4.